The van der Waals surface area contributed by atoms with Crippen LogP contribution in [0.15, 0.2) is 4.34 Å². The topological polar surface area (TPSA) is 82.3 Å². The summed E-state index contributed by atoms with van der Waals surface area (Å²) in [4.78, 5) is 26.8. The Kier molecular flexibility index (Phi) is 4.75. The van der Waals surface area contributed by atoms with Crippen LogP contribution in [0.1, 0.15) is 10.6 Å². The van der Waals surface area contributed by atoms with Gasteiger partial charge in [-0.3, -0.25) is 9.59 Å². The second-order valence-electron chi connectivity index (χ2n) is 3.00. The first-order valence-electron chi connectivity index (χ1n) is 4.47. The third kappa shape index (κ3) is 3.82. The van der Waals surface area contributed by atoms with Gasteiger partial charge in [-0.25, -0.2) is 4.98 Å². The summed E-state index contributed by atoms with van der Waals surface area (Å²) < 4.78 is 5.27. The maximum atomic E-state index is 10.9. The minimum atomic E-state index is -0.378. The third-order valence-corrected chi connectivity index (χ3v) is 4.02. The number of thiazole rings is 1. The molecule has 1 rings (SSSR count). The molecule has 0 atom stereocenters. The average molecular weight is 260 g/mol. The molecule has 0 saturated heterocycles. The minimum Gasteiger partial charge on any atom is -0.468 e. The number of thioether (sulfide) groups is 1. The van der Waals surface area contributed by atoms with Crippen molar-refractivity contribution >= 4 is 35.0 Å². The van der Waals surface area contributed by atoms with Crippen LogP contribution in [0, 0.1) is 6.92 Å². The number of ether oxygens (including phenoxy) is 1. The summed E-state index contributed by atoms with van der Waals surface area (Å²) in [6.07, 6.45) is 0.197. The van der Waals surface area contributed by atoms with Gasteiger partial charge in [-0.05, 0) is 6.92 Å². The van der Waals surface area contributed by atoms with E-state index < -0.39 is 0 Å². The first-order chi connectivity index (χ1) is 7.52. The Bertz CT molecular complexity index is 403. The van der Waals surface area contributed by atoms with Gasteiger partial charge in [-0.2, -0.15) is 0 Å². The number of carbonyl (C=O) groups excluding carboxylic acids is 2. The first kappa shape index (κ1) is 13.0. The lowest BCUT2D eigenvalue weighted by molar-refractivity contribution is -0.137. The van der Waals surface area contributed by atoms with Gasteiger partial charge in [0.25, 0.3) is 0 Å². The molecule has 2 N–H and O–H groups in total. The highest BCUT2D eigenvalue weighted by Crippen LogP contribution is 2.27. The summed E-state index contributed by atoms with van der Waals surface area (Å²) in [6.45, 7) is 1.82. The monoisotopic (exact) mass is 260 g/mol. The number of methoxy groups -OCH3 is 1. The van der Waals surface area contributed by atoms with E-state index >= 15 is 0 Å². The number of carbonyl (C=O) groups is 2. The van der Waals surface area contributed by atoms with E-state index in [1.165, 1.54) is 30.2 Å². The van der Waals surface area contributed by atoms with Crippen LogP contribution in [0.25, 0.3) is 0 Å². The van der Waals surface area contributed by atoms with Gasteiger partial charge in [0.05, 0.1) is 25.0 Å². The number of rotatable bonds is 5. The maximum absolute atomic E-state index is 10.9. The summed E-state index contributed by atoms with van der Waals surface area (Å²) >= 11 is 2.68. The molecule has 7 heteroatoms. The van der Waals surface area contributed by atoms with Crippen LogP contribution >= 0.6 is 23.1 Å². The zero-order valence-electron chi connectivity index (χ0n) is 8.98. The second-order valence-corrected chi connectivity index (χ2v) is 5.30. The standard InChI is InChI=1S/C9H12N2O3S2/c1-5-6(3-7(10)12)16-9(11-5)15-4-8(13)14-2/h3-4H2,1-2H3,(H2,10,12). The summed E-state index contributed by atoms with van der Waals surface area (Å²) in [5.74, 6) is -0.454. The molecule has 1 amide bonds. The van der Waals surface area contributed by atoms with E-state index in [-0.39, 0.29) is 24.1 Å². The molecule has 88 valence electrons. The van der Waals surface area contributed by atoms with E-state index in [0.29, 0.717) is 0 Å². The van der Waals surface area contributed by atoms with Gasteiger partial charge < -0.3 is 10.5 Å². The zero-order chi connectivity index (χ0) is 12.1. The highest BCUT2D eigenvalue weighted by atomic mass is 32.2. The van der Waals surface area contributed by atoms with Crippen molar-refractivity contribution in [1.29, 1.82) is 0 Å². The molecule has 1 heterocycles. The lowest BCUT2D eigenvalue weighted by Gasteiger charge is -1.94. The van der Waals surface area contributed by atoms with Gasteiger partial charge in [-0.15, -0.1) is 11.3 Å². The Morgan fingerprint density at radius 1 is 1.56 bits per heavy atom. The highest BCUT2D eigenvalue weighted by Gasteiger charge is 2.11. The molecule has 0 radical (unpaired) electrons. The molecule has 0 aliphatic rings. The van der Waals surface area contributed by atoms with Crippen LogP contribution in [0.2, 0.25) is 0 Å². The van der Waals surface area contributed by atoms with Gasteiger partial charge in [0, 0.05) is 4.88 Å². The van der Waals surface area contributed by atoms with Crippen molar-refractivity contribution in [2.75, 3.05) is 12.9 Å². The molecule has 16 heavy (non-hydrogen) atoms. The van der Waals surface area contributed by atoms with Crippen LogP contribution in [0.5, 0.6) is 0 Å². The summed E-state index contributed by atoms with van der Waals surface area (Å²) in [5, 5.41) is 0. The van der Waals surface area contributed by atoms with Gasteiger partial charge in [0.15, 0.2) is 4.34 Å². The van der Waals surface area contributed by atoms with Crippen LogP contribution in [-0.4, -0.2) is 29.7 Å². The van der Waals surface area contributed by atoms with E-state index in [1.54, 1.807) is 0 Å². The molecule has 1 aromatic rings. The third-order valence-electron chi connectivity index (χ3n) is 1.75. The summed E-state index contributed by atoms with van der Waals surface area (Å²) in [6, 6.07) is 0. The smallest absolute Gasteiger partial charge is 0.316 e. The summed E-state index contributed by atoms with van der Waals surface area (Å²) in [7, 11) is 1.34. The first-order valence-corrected chi connectivity index (χ1v) is 6.27. The number of nitrogens with zero attached hydrogens (tertiary/aromatic N) is 1. The van der Waals surface area contributed by atoms with Crippen LogP contribution in [-0.2, 0) is 20.7 Å². The van der Waals surface area contributed by atoms with Crippen molar-refractivity contribution in [2.24, 2.45) is 5.73 Å². The van der Waals surface area contributed by atoms with Crippen molar-refractivity contribution < 1.29 is 14.3 Å². The van der Waals surface area contributed by atoms with E-state index in [1.807, 2.05) is 6.92 Å². The van der Waals surface area contributed by atoms with Crippen LogP contribution < -0.4 is 5.73 Å². The fourth-order valence-electron chi connectivity index (χ4n) is 0.965. The van der Waals surface area contributed by atoms with Crippen molar-refractivity contribution in [3.8, 4) is 0 Å². The molecule has 0 bridgehead atoms. The minimum absolute atomic E-state index is 0.197. The fraction of sp³-hybridized carbons (Fsp3) is 0.444. The van der Waals surface area contributed by atoms with Gasteiger partial charge >= 0.3 is 5.97 Å². The Labute approximate surface area is 101 Å². The van der Waals surface area contributed by atoms with E-state index in [2.05, 4.69) is 9.72 Å². The van der Waals surface area contributed by atoms with Gasteiger partial charge in [0.1, 0.15) is 0 Å². The molecular weight excluding hydrogens is 248 g/mol. The molecule has 0 fully saturated rings. The molecule has 0 saturated carbocycles. The molecule has 0 spiro atoms. The quantitative estimate of drug-likeness (QED) is 0.624. The van der Waals surface area contributed by atoms with Crippen LogP contribution in [0.4, 0.5) is 0 Å². The van der Waals surface area contributed by atoms with Crippen LogP contribution in [0.3, 0.4) is 0 Å². The predicted molar refractivity (Wildman–Crippen MR) is 62.5 cm³/mol. The SMILES string of the molecule is COC(=O)CSc1nc(C)c(CC(N)=O)s1. The molecule has 5 nitrogen and oxygen atoms in total. The molecule has 0 aliphatic heterocycles. The normalized spacial score (nSPS) is 10.1. The number of hydrogen-bond donors (Lipinski definition) is 1. The number of amides is 1. The number of primary amides is 1. The Morgan fingerprint density at radius 2 is 2.25 bits per heavy atom. The van der Waals surface area contributed by atoms with E-state index in [0.717, 1.165) is 14.9 Å². The average Bonchev–Trinajstić information content (AvgIpc) is 2.55. The number of hydrogen-bond acceptors (Lipinski definition) is 6. The fourth-order valence-corrected chi connectivity index (χ4v) is 3.04. The Morgan fingerprint density at radius 3 is 2.81 bits per heavy atom. The zero-order valence-corrected chi connectivity index (χ0v) is 10.6. The van der Waals surface area contributed by atoms with Gasteiger partial charge in [-0.1, -0.05) is 11.8 Å². The molecule has 0 unspecified atom stereocenters. The molecule has 0 aromatic carbocycles. The lowest BCUT2D eigenvalue weighted by atomic mass is 10.3. The van der Waals surface area contributed by atoms with Crippen molar-refractivity contribution in [1.82, 2.24) is 4.98 Å². The molecular formula is C9H12N2O3S2. The molecule has 0 aliphatic carbocycles. The lowest BCUT2D eigenvalue weighted by Crippen LogP contribution is -2.13. The molecule has 1 aromatic heterocycles. The van der Waals surface area contributed by atoms with E-state index in [4.69, 9.17) is 5.73 Å². The van der Waals surface area contributed by atoms with Crippen molar-refractivity contribution in [3.05, 3.63) is 10.6 Å². The Hall–Kier alpha value is -1.08. The maximum Gasteiger partial charge on any atom is 0.316 e. The largest absolute Gasteiger partial charge is 0.468 e. The number of aromatic nitrogens is 1. The number of nitrogens with two attached hydrogens (primary N) is 1. The highest BCUT2D eigenvalue weighted by molar-refractivity contribution is 8.01. The van der Waals surface area contributed by atoms with E-state index in [9.17, 15) is 9.59 Å². The number of esters is 1. The predicted octanol–water partition coefficient (Wildman–Crippen LogP) is 0.744. The van der Waals surface area contributed by atoms with Crippen molar-refractivity contribution in [2.45, 2.75) is 17.7 Å². The second kappa shape index (κ2) is 5.86. The van der Waals surface area contributed by atoms with Gasteiger partial charge in [0.2, 0.25) is 5.91 Å². The summed E-state index contributed by atoms with van der Waals surface area (Å²) in [5.41, 5.74) is 5.89. The van der Waals surface area contributed by atoms with Crippen molar-refractivity contribution in [3.63, 3.8) is 0 Å². The number of aryl methyl sites for hydroxylation is 1. The Balaban J connectivity index is 2.62.